The molecule has 0 saturated heterocycles. The van der Waals surface area contributed by atoms with Gasteiger partial charge in [-0.15, -0.1) is 5.10 Å². The first-order valence-electron chi connectivity index (χ1n) is 6.71. The quantitative estimate of drug-likeness (QED) is 0.678. The summed E-state index contributed by atoms with van der Waals surface area (Å²) in [5.41, 5.74) is 1.45. The molecule has 0 aromatic carbocycles. The molecule has 3 rings (SSSR count). The Morgan fingerprint density at radius 1 is 1.45 bits per heavy atom. The molecule has 0 aliphatic rings. The lowest BCUT2D eigenvalue weighted by atomic mass is 10.2. The SMILES string of the molecule is Cc1cnn(C(C)CNC(=O)c2cn[nH]c2-n2cnnn2)c1. The zero-order valence-corrected chi connectivity index (χ0v) is 12.1. The van der Waals surface area contributed by atoms with Crippen LogP contribution in [0.2, 0.25) is 0 Å². The molecule has 3 heterocycles. The predicted molar refractivity (Wildman–Crippen MR) is 75.3 cm³/mol. The van der Waals surface area contributed by atoms with E-state index in [1.54, 1.807) is 6.20 Å². The van der Waals surface area contributed by atoms with Gasteiger partial charge in [0.05, 0.1) is 18.4 Å². The van der Waals surface area contributed by atoms with Crippen LogP contribution in [0.25, 0.3) is 5.82 Å². The summed E-state index contributed by atoms with van der Waals surface area (Å²) < 4.78 is 3.16. The molecule has 0 aliphatic carbocycles. The summed E-state index contributed by atoms with van der Waals surface area (Å²) in [5.74, 6) is 0.167. The van der Waals surface area contributed by atoms with E-state index in [4.69, 9.17) is 0 Å². The molecule has 3 aromatic heterocycles. The highest BCUT2D eigenvalue weighted by molar-refractivity contribution is 5.96. The number of aromatic amines is 1. The molecule has 1 unspecified atom stereocenters. The lowest BCUT2D eigenvalue weighted by Gasteiger charge is -2.13. The minimum atomic E-state index is -0.255. The Kier molecular flexibility index (Phi) is 3.64. The molecule has 10 nitrogen and oxygen atoms in total. The van der Waals surface area contributed by atoms with Gasteiger partial charge >= 0.3 is 0 Å². The van der Waals surface area contributed by atoms with Crippen LogP contribution in [0.3, 0.4) is 0 Å². The monoisotopic (exact) mass is 301 g/mol. The fourth-order valence-corrected chi connectivity index (χ4v) is 1.99. The highest BCUT2D eigenvalue weighted by atomic mass is 16.1. The van der Waals surface area contributed by atoms with Crippen LogP contribution in [0.4, 0.5) is 0 Å². The van der Waals surface area contributed by atoms with Crippen molar-refractivity contribution in [2.24, 2.45) is 0 Å². The van der Waals surface area contributed by atoms with Gasteiger partial charge in [-0.25, -0.2) is 0 Å². The van der Waals surface area contributed by atoms with Gasteiger partial charge < -0.3 is 5.32 Å². The average Bonchev–Trinajstić information content (AvgIpc) is 3.23. The van der Waals surface area contributed by atoms with Gasteiger partial charge in [0.1, 0.15) is 11.9 Å². The van der Waals surface area contributed by atoms with Crippen LogP contribution in [0.1, 0.15) is 28.9 Å². The summed E-state index contributed by atoms with van der Waals surface area (Å²) >= 11 is 0. The fraction of sp³-hybridized carbons (Fsp3) is 0.333. The Bertz CT molecular complexity index is 757. The summed E-state index contributed by atoms with van der Waals surface area (Å²) in [7, 11) is 0. The van der Waals surface area contributed by atoms with Crippen LogP contribution < -0.4 is 5.32 Å². The van der Waals surface area contributed by atoms with Gasteiger partial charge in [-0.2, -0.15) is 14.9 Å². The Morgan fingerprint density at radius 2 is 2.32 bits per heavy atom. The van der Waals surface area contributed by atoms with E-state index in [2.05, 4.69) is 36.1 Å². The highest BCUT2D eigenvalue weighted by Gasteiger charge is 2.17. The van der Waals surface area contributed by atoms with Crippen molar-refractivity contribution >= 4 is 5.91 Å². The summed E-state index contributed by atoms with van der Waals surface area (Å²) in [6, 6.07) is 0.0426. The number of carbonyl (C=O) groups is 1. The van der Waals surface area contributed by atoms with Crippen molar-refractivity contribution in [3.8, 4) is 5.82 Å². The smallest absolute Gasteiger partial charge is 0.256 e. The van der Waals surface area contributed by atoms with E-state index < -0.39 is 0 Å². The van der Waals surface area contributed by atoms with Crippen LogP contribution in [-0.4, -0.2) is 52.6 Å². The molecule has 0 saturated carbocycles. The third-order valence-corrected chi connectivity index (χ3v) is 3.18. The summed E-state index contributed by atoms with van der Waals surface area (Å²) in [4.78, 5) is 12.3. The van der Waals surface area contributed by atoms with Crippen LogP contribution >= 0.6 is 0 Å². The molecule has 3 aromatic rings. The molecule has 114 valence electrons. The molecule has 2 N–H and O–H groups in total. The first kappa shape index (κ1) is 13.9. The van der Waals surface area contributed by atoms with E-state index in [1.165, 1.54) is 17.2 Å². The summed E-state index contributed by atoms with van der Waals surface area (Å²) in [6.07, 6.45) is 6.54. The third kappa shape index (κ3) is 2.71. The molecule has 22 heavy (non-hydrogen) atoms. The first-order chi connectivity index (χ1) is 10.6. The number of amides is 1. The van der Waals surface area contributed by atoms with Crippen molar-refractivity contribution in [2.45, 2.75) is 19.9 Å². The molecule has 1 atom stereocenters. The largest absolute Gasteiger partial charge is 0.350 e. The van der Waals surface area contributed by atoms with Gasteiger partial charge in [-0.1, -0.05) is 0 Å². The maximum atomic E-state index is 12.3. The number of aryl methyl sites for hydroxylation is 1. The predicted octanol–water partition coefficient (Wildman–Crippen LogP) is -0.119. The van der Waals surface area contributed by atoms with Crippen molar-refractivity contribution in [3.63, 3.8) is 0 Å². The first-order valence-corrected chi connectivity index (χ1v) is 6.71. The number of hydrogen-bond acceptors (Lipinski definition) is 6. The maximum absolute atomic E-state index is 12.3. The molecule has 0 aliphatic heterocycles. The van der Waals surface area contributed by atoms with E-state index in [0.29, 0.717) is 17.9 Å². The van der Waals surface area contributed by atoms with Gasteiger partial charge in [-0.3, -0.25) is 14.6 Å². The zero-order valence-electron chi connectivity index (χ0n) is 12.1. The Hall–Kier alpha value is -3.04. The highest BCUT2D eigenvalue weighted by Crippen LogP contribution is 2.09. The summed E-state index contributed by atoms with van der Waals surface area (Å²) in [6.45, 7) is 4.39. The van der Waals surface area contributed by atoms with Crippen LogP contribution in [0.15, 0.2) is 24.9 Å². The van der Waals surface area contributed by atoms with Crippen LogP contribution in [-0.2, 0) is 0 Å². The fourth-order valence-electron chi connectivity index (χ4n) is 1.99. The molecular formula is C12H15N9O. The van der Waals surface area contributed by atoms with E-state index in [-0.39, 0.29) is 11.9 Å². The standard InChI is InChI=1S/C12H15N9O/c1-8-3-16-20(6-8)9(2)4-13-12(22)10-5-14-17-11(10)21-7-15-18-19-21/h3,5-7,9H,4H2,1-2H3,(H,13,22)(H,14,17). The van der Waals surface area contributed by atoms with Crippen molar-refractivity contribution in [3.05, 3.63) is 36.0 Å². The topological polar surface area (TPSA) is 119 Å². The van der Waals surface area contributed by atoms with Crippen LogP contribution in [0, 0.1) is 6.92 Å². The number of nitrogens with zero attached hydrogens (tertiary/aromatic N) is 7. The maximum Gasteiger partial charge on any atom is 0.256 e. The van der Waals surface area contributed by atoms with Gasteiger partial charge in [0.15, 0.2) is 5.82 Å². The van der Waals surface area contributed by atoms with Gasteiger partial charge in [-0.05, 0) is 29.8 Å². The molecule has 0 spiro atoms. The van der Waals surface area contributed by atoms with E-state index in [0.717, 1.165) is 5.56 Å². The van der Waals surface area contributed by atoms with E-state index in [1.807, 2.05) is 24.7 Å². The molecule has 0 fully saturated rings. The molecule has 0 radical (unpaired) electrons. The van der Waals surface area contributed by atoms with Crippen molar-refractivity contribution in [1.82, 2.24) is 45.5 Å². The number of hydrogen-bond donors (Lipinski definition) is 2. The van der Waals surface area contributed by atoms with E-state index in [9.17, 15) is 4.79 Å². The molecule has 1 amide bonds. The molecular weight excluding hydrogens is 286 g/mol. The summed E-state index contributed by atoms with van der Waals surface area (Å²) in [5, 5.41) is 24.5. The van der Waals surface area contributed by atoms with Crippen molar-refractivity contribution in [2.75, 3.05) is 6.54 Å². The lowest BCUT2D eigenvalue weighted by Crippen LogP contribution is -2.30. The molecule has 0 bridgehead atoms. The number of carbonyl (C=O) groups excluding carboxylic acids is 1. The van der Waals surface area contributed by atoms with Crippen molar-refractivity contribution in [1.29, 1.82) is 0 Å². The number of nitrogens with one attached hydrogen (secondary N) is 2. The van der Waals surface area contributed by atoms with Gasteiger partial charge in [0.25, 0.3) is 5.91 Å². The zero-order chi connectivity index (χ0) is 15.5. The van der Waals surface area contributed by atoms with Gasteiger partial charge in [0, 0.05) is 12.7 Å². The average molecular weight is 301 g/mol. The minimum Gasteiger partial charge on any atom is -0.350 e. The lowest BCUT2D eigenvalue weighted by molar-refractivity contribution is 0.0948. The number of tetrazole rings is 1. The Labute approximate surface area is 125 Å². The second kappa shape index (κ2) is 5.76. The number of H-pyrrole nitrogens is 1. The van der Waals surface area contributed by atoms with Crippen LogP contribution in [0.5, 0.6) is 0 Å². The Balaban J connectivity index is 1.67. The second-order valence-corrected chi connectivity index (χ2v) is 4.94. The normalized spacial score (nSPS) is 12.3. The second-order valence-electron chi connectivity index (χ2n) is 4.94. The van der Waals surface area contributed by atoms with Crippen molar-refractivity contribution < 1.29 is 4.79 Å². The van der Waals surface area contributed by atoms with Gasteiger partial charge in [0.2, 0.25) is 0 Å². The number of rotatable bonds is 5. The Morgan fingerprint density at radius 3 is 3.00 bits per heavy atom. The van der Waals surface area contributed by atoms with E-state index >= 15 is 0 Å². The number of aromatic nitrogens is 8. The molecule has 10 heteroatoms. The third-order valence-electron chi connectivity index (χ3n) is 3.18. The minimum absolute atomic E-state index is 0.0426.